The third kappa shape index (κ3) is 33.1. The van der Waals surface area contributed by atoms with Gasteiger partial charge < -0.3 is 19.1 Å². The molecule has 0 aromatic heterocycles. The van der Waals surface area contributed by atoms with Crippen molar-refractivity contribution >= 4 is 17.9 Å². The smallest absolute Gasteiger partial charge is 0.306 e. The van der Waals surface area contributed by atoms with Gasteiger partial charge in [-0.2, -0.15) is 0 Å². The van der Waals surface area contributed by atoms with Gasteiger partial charge in [-0.05, 0) is 116 Å². The predicted octanol–water partition coefficient (Wildman–Crippen LogP) is 14.4. The average molecular weight is 818 g/mol. The lowest BCUT2D eigenvalue weighted by Gasteiger charge is -2.19. The number of rotatable bonds is 21. The molecule has 2 aliphatic rings. The summed E-state index contributed by atoms with van der Waals surface area (Å²) in [5, 5.41) is 0. The van der Waals surface area contributed by atoms with Crippen molar-refractivity contribution in [1.82, 2.24) is 4.90 Å². The van der Waals surface area contributed by atoms with E-state index in [9.17, 15) is 14.4 Å². The van der Waals surface area contributed by atoms with Gasteiger partial charge in [-0.3, -0.25) is 14.4 Å². The fourth-order valence-electron chi connectivity index (χ4n) is 9.27. The Balaban J connectivity index is 1.67. The van der Waals surface area contributed by atoms with E-state index in [0.29, 0.717) is 44.3 Å². The third-order valence-electron chi connectivity index (χ3n) is 13.0. The quantitative estimate of drug-likeness (QED) is 0.0648. The molecular weight excluding hydrogens is 723 g/mol. The molecule has 0 heterocycles. The zero-order valence-corrected chi connectivity index (χ0v) is 38.5. The molecule has 58 heavy (non-hydrogen) atoms. The Morgan fingerprint density at radius 2 is 0.759 bits per heavy atom. The van der Waals surface area contributed by atoms with Crippen LogP contribution in [0.3, 0.4) is 0 Å². The summed E-state index contributed by atoms with van der Waals surface area (Å²) < 4.78 is 17.5. The van der Waals surface area contributed by atoms with Crippen LogP contribution in [0.25, 0.3) is 0 Å². The topological polar surface area (TPSA) is 82.1 Å². The van der Waals surface area contributed by atoms with E-state index in [0.717, 1.165) is 90.0 Å². The van der Waals surface area contributed by atoms with Crippen LogP contribution in [0.4, 0.5) is 0 Å². The summed E-state index contributed by atoms with van der Waals surface area (Å²) in [4.78, 5) is 40.5. The molecule has 0 atom stereocenters. The first kappa shape index (κ1) is 52.5. The van der Waals surface area contributed by atoms with Crippen LogP contribution in [0.1, 0.15) is 257 Å². The Hall–Kier alpha value is -1.63. The van der Waals surface area contributed by atoms with Crippen LogP contribution >= 0.6 is 0 Å². The fourth-order valence-corrected chi connectivity index (χ4v) is 9.27. The van der Waals surface area contributed by atoms with E-state index in [1.807, 2.05) is 14.1 Å². The average Bonchev–Trinajstić information content (AvgIpc) is 3.21. The van der Waals surface area contributed by atoms with Crippen molar-refractivity contribution in [3.8, 4) is 0 Å². The molecule has 7 nitrogen and oxygen atoms in total. The van der Waals surface area contributed by atoms with Crippen molar-refractivity contribution in [2.45, 2.75) is 263 Å². The zero-order chi connectivity index (χ0) is 41.6. The van der Waals surface area contributed by atoms with Gasteiger partial charge in [-0.1, -0.05) is 154 Å². The molecule has 0 bridgehead atoms. The Bertz CT molecular complexity index is 877. The maximum Gasteiger partial charge on any atom is 0.306 e. The van der Waals surface area contributed by atoms with Gasteiger partial charge in [0, 0.05) is 19.3 Å². The highest BCUT2D eigenvalue weighted by molar-refractivity contribution is 5.70. The first-order chi connectivity index (χ1) is 28.4. The normalized spacial score (nSPS) is 19.0. The minimum Gasteiger partial charge on any atom is -0.466 e. The summed E-state index contributed by atoms with van der Waals surface area (Å²) in [6.07, 6.45) is 46.3. The SMILES string of the molecule is CN(C)CCCC(=O)OC(CCCCCOC(=O)CC1CCCCCCCCCCCCCC1)CCCCCOC(=O)CC1CCCCCCCCCCCCCC1. The second-order valence-electron chi connectivity index (χ2n) is 18.9. The monoisotopic (exact) mass is 818 g/mol. The summed E-state index contributed by atoms with van der Waals surface area (Å²) in [6, 6.07) is 0. The summed E-state index contributed by atoms with van der Waals surface area (Å²) in [5.74, 6) is 0.801. The number of esters is 3. The number of hydrogen-bond donors (Lipinski definition) is 0. The van der Waals surface area contributed by atoms with E-state index in [4.69, 9.17) is 14.2 Å². The van der Waals surface area contributed by atoms with Crippen LogP contribution in [0.5, 0.6) is 0 Å². The molecule has 0 amide bonds. The van der Waals surface area contributed by atoms with Crippen molar-refractivity contribution in [3.63, 3.8) is 0 Å². The highest BCUT2D eigenvalue weighted by atomic mass is 16.5. The summed E-state index contributed by atoms with van der Waals surface area (Å²) in [6.45, 7) is 1.85. The Labute approximate surface area is 359 Å². The summed E-state index contributed by atoms with van der Waals surface area (Å²) >= 11 is 0. The number of nitrogens with zero attached hydrogens (tertiary/aromatic N) is 1. The maximum atomic E-state index is 12.8. The second kappa shape index (κ2) is 38.3. The lowest BCUT2D eigenvalue weighted by Crippen LogP contribution is -2.20. The molecular formula is C51H95NO6. The minimum absolute atomic E-state index is 0.0181. The van der Waals surface area contributed by atoms with E-state index in [1.54, 1.807) is 0 Å². The van der Waals surface area contributed by atoms with Gasteiger partial charge in [-0.25, -0.2) is 0 Å². The molecule has 0 aromatic carbocycles. The molecule has 2 aliphatic carbocycles. The maximum absolute atomic E-state index is 12.8. The molecule has 0 spiro atoms. The number of unbranched alkanes of at least 4 members (excludes halogenated alkanes) is 4. The molecule has 0 unspecified atom stereocenters. The van der Waals surface area contributed by atoms with Crippen LogP contribution in [0.2, 0.25) is 0 Å². The predicted molar refractivity (Wildman–Crippen MR) is 242 cm³/mol. The number of ether oxygens (including phenoxy) is 3. The second-order valence-corrected chi connectivity index (χ2v) is 18.9. The zero-order valence-electron chi connectivity index (χ0n) is 38.5. The van der Waals surface area contributed by atoms with Crippen LogP contribution in [0, 0.1) is 11.8 Å². The number of carbonyl (C=O) groups excluding carboxylic acids is 3. The fraction of sp³-hybridized carbons (Fsp3) is 0.941. The summed E-state index contributed by atoms with van der Waals surface area (Å²) in [5.41, 5.74) is 0. The van der Waals surface area contributed by atoms with Gasteiger partial charge >= 0.3 is 17.9 Å². The molecule has 0 aromatic rings. The highest BCUT2D eigenvalue weighted by Gasteiger charge is 2.18. The summed E-state index contributed by atoms with van der Waals surface area (Å²) in [7, 11) is 4.05. The van der Waals surface area contributed by atoms with Gasteiger partial charge in [0.2, 0.25) is 0 Å². The van der Waals surface area contributed by atoms with Gasteiger partial charge in [0.25, 0.3) is 0 Å². The molecule has 0 saturated heterocycles. The van der Waals surface area contributed by atoms with E-state index in [2.05, 4.69) is 4.90 Å². The Morgan fingerprint density at radius 1 is 0.431 bits per heavy atom. The minimum atomic E-state index is -0.101. The van der Waals surface area contributed by atoms with Crippen LogP contribution in [-0.4, -0.2) is 62.8 Å². The highest BCUT2D eigenvalue weighted by Crippen LogP contribution is 2.26. The molecule has 340 valence electrons. The van der Waals surface area contributed by atoms with Crippen molar-refractivity contribution in [1.29, 1.82) is 0 Å². The van der Waals surface area contributed by atoms with Crippen molar-refractivity contribution in [2.24, 2.45) is 11.8 Å². The first-order valence-electron chi connectivity index (χ1n) is 25.6. The lowest BCUT2D eigenvalue weighted by atomic mass is 9.91. The number of hydrogen-bond acceptors (Lipinski definition) is 7. The van der Waals surface area contributed by atoms with Crippen molar-refractivity contribution in [2.75, 3.05) is 33.9 Å². The lowest BCUT2D eigenvalue weighted by molar-refractivity contribution is -0.150. The van der Waals surface area contributed by atoms with Crippen LogP contribution in [-0.2, 0) is 28.6 Å². The van der Waals surface area contributed by atoms with Gasteiger partial charge in [0.1, 0.15) is 6.10 Å². The molecule has 2 saturated carbocycles. The first-order valence-corrected chi connectivity index (χ1v) is 25.6. The van der Waals surface area contributed by atoms with Gasteiger partial charge in [0.15, 0.2) is 0 Å². The van der Waals surface area contributed by atoms with E-state index < -0.39 is 0 Å². The molecule has 2 rings (SSSR count). The largest absolute Gasteiger partial charge is 0.466 e. The molecule has 2 fully saturated rings. The van der Waals surface area contributed by atoms with Gasteiger partial charge in [-0.15, -0.1) is 0 Å². The van der Waals surface area contributed by atoms with E-state index in [-0.39, 0.29) is 24.0 Å². The van der Waals surface area contributed by atoms with Gasteiger partial charge in [0.05, 0.1) is 13.2 Å². The Morgan fingerprint density at radius 3 is 1.09 bits per heavy atom. The standard InChI is InChI=1S/C51H95NO6/c1-52(2)41-33-40-49(53)58-48(38-29-23-31-42-56-50(54)44-46-34-25-19-15-11-7-3-4-8-12-16-20-26-35-46)39-30-24-32-43-57-51(55)45-47-36-27-21-17-13-9-5-6-10-14-18-22-28-37-47/h46-48H,3-45H2,1-2H3. The molecule has 7 heteroatoms. The Kier molecular flexibility index (Phi) is 34.7. The third-order valence-corrected chi connectivity index (χ3v) is 13.0. The van der Waals surface area contributed by atoms with Crippen LogP contribution in [0.15, 0.2) is 0 Å². The van der Waals surface area contributed by atoms with Crippen molar-refractivity contribution in [3.05, 3.63) is 0 Å². The van der Waals surface area contributed by atoms with Crippen molar-refractivity contribution < 1.29 is 28.6 Å². The molecule has 0 radical (unpaired) electrons. The molecule has 0 aliphatic heterocycles. The molecule has 0 N–H and O–H groups in total. The van der Waals surface area contributed by atoms with Crippen LogP contribution < -0.4 is 0 Å². The van der Waals surface area contributed by atoms with E-state index in [1.165, 1.54) is 154 Å². The van der Waals surface area contributed by atoms with E-state index >= 15 is 0 Å². The number of carbonyl (C=O) groups is 3.